The van der Waals surface area contributed by atoms with Crippen molar-refractivity contribution in [3.63, 3.8) is 0 Å². The van der Waals surface area contributed by atoms with Gasteiger partial charge in [-0.1, -0.05) is 20.8 Å². The molecule has 0 atom stereocenters. The van der Waals surface area contributed by atoms with Crippen molar-refractivity contribution in [3.05, 3.63) is 36.4 Å². The molecule has 0 saturated heterocycles. The second-order valence-corrected chi connectivity index (χ2v) is 4.62. The molecule has 2 aromatic rings. The van der Waals surface area contributed by atoms with E-state index in [1.165, 1.54) is 0 Å². The molecule has 2 heterocycles. The molecule has 2 rings (SSSR count). The molecule has 1 N–H and O–H groups in total. The third kappa shape index (κ3) is 2.06. The van der Waals surface area contributed by atoms with E-state index >= 15 is 0 Å². The second-order valence-electron chi connectivity index (χ2n) is 4.62. The fraction of sp³-hybridized carbons (Fsp3) is 0.333. The number of hydrogen-bond donors (Lipinski definition) is 1. The molecule has 3 heteroatoms. The van der Waals surface area contributed by atoms with Crippen LogP contribution in [0.4, 0.5) is 0 Å². The maximum atomic E-state index is 4.30. The Morgan fingerprint density at radius 1 is 1.20 bits per heavy atom. The first-order valence-electron chi connectivity index (χ1n) is 5.03. The summed E-state index contributed by atoms with van der Waals surface area (Å²) in [5.74, 6) is 0. The summed E-state index contributed by atoms with van der Waals surface area (Å²) in [4.78, 5) is 11.7. The van der Waals surface area contributed by atoms with Crippen molar-refractivity contribution >= 4 is 0 Å². The predicted molar refractivity (Wildman–Crippen MR) is 60.5 cm³/mol. The number of nitrogens with one attached hydrogen (secondary N) is 1. The molecule has 0 fully saturated rings. The van der Waals surface area contributed by atoms with E-state index in [4.69, 9.17) is 0 Å². The van der Waals surface area contributed by atoms with Crippen LogP contribution in [0.3, 0.4) is 0 Å². The first-order valence-corrected chi connectivity index (χ1v) is 5.03. The standard InChI is InChI=1S/C12H15N3/c1-12(2,3)11-7-10(14-8-15-11)9-5-4-6-13-9/h4-8,13H,1-3H3. The van der Waals surface area contributed by atoms with Crippen LogP contribution in [0.5, 0.6) is 0 Å². The predicted octanol–water partition coefficient (Wildman–Crippen LogP) is 2.77. The lowest BCUT2D eigenvalue weighted by Gasteiger charge is -2.17. The fourth-order valence-electron chi connectivity index (χ4n) is 1.40. The number of H-pyrrole nitrogens is 1. The van der Waals surface area contributed by atoms with Crippen molar-refractivity contribution in [1.82, 2.24) is 15.0 Å². The summed E-state index contributed by atoms with van der Waals surface area (Å²) in [5.41, 5.74) is 3.09. The van der Waals surface area contributed by atoms with Gasteiger partial charge in [0.25, 0.3) is 0 Å². The molecule has 0 radical (unpaired) electrons. The van der Waals surface area contributed by atoms with E-state index in [1.54, 1.807) is 6.33 Å². The summed E-state index contributed by atoms with van der Waals surface area (Å²) in [6, 6.07) is 6.01. The molecule has 0 unspecified atom stereocenters. The molecule has 0 aliphatic rings. The maximum absolute atomic E-state index is 4.30. The Morgan fingerprint density at radius 3 is 2.60 bits per heavy atom. The smallest absolute Gasteiger partial charge is 0.116 e. The highest BCUT2D eigenvalue weighted by molar-refractivity contribution is 5.54. The average molecular weight is 201 g/mol. The first-order chi connectivity index (χ1) is 7.07. The zero-order valence-electron chi connectivity index (χ0n) is 9.28. The van der Waals surface area contributed by atoms with Crippen molar-refractivity contribution in [2.75, 3.05) is 0 Å². The molecule has 3 nitrogen and oxygen atoms in total. The number of hydrogen-bond acceptors (Lipinski definition) is 2. The lowest BCUT2D eigenvalue weighted by atomic mass is 9.91. The lowest BCUT2D eigenvalue weighted by Crippen LogP contribution is -2.13. The van der Waals surface area contributed by atoms with Crippen LogP contribution < -0.4 is 0 Å². The SMILES string of the molecule is CC(C)(C)c1cc(-c2ccc[nH]2)ncn1. The third-order valence-corrected chi connectivity index (χ3v) is 2.31. The Balaban J connectivity index is 2.44. The van der Waals surface area contributed by atoms with Crippen molar-refractivity contribution in [3.8, 4) is 11.4 Å². The monoisotopic (exact) mass is 201 g/mol. The van der Waals surface area contributed by atoms with Crippen molar-refractivity contribution in [2.45, 2.75) is 26.2 Å². The van der Waals surface area contributed by atoms with E-state index in [9.17, 15) is 0 Å². The Morgan fingerprint density at radius 2 is 2.00 bits per heavy atom. The molecule has 15 heavy (non-hydrogen) atoms. The lowest BCUT2D eigenvalue weighted by molar-refractivity contribution is 0.567. The summed E-state index contributed by atoms with van der Waals surface area (Å²) in [6.07, 6.45) is 3.52. The van der Waals surface area contributed by atoms with Crippen LogP contribution in [0.15, 0.2) is 30.7 Å². The molecule has 0 aliphatic carbocycles. The quantitative estimate of drug-likeness (QED) is 0.770. The molecular formula is C12H15N3. The van der Waals surface area contributed by atoms with Gasteiger partial charge in [0.1, 0.15) is 6.33 Å². The van der Waals surface area contributed by atoms with Crippen LogP contribution in [0.2, 0.25) is 0 Å². The summed E-state index contributed by atoms with van der Waals surface area (Å²) >= 11 is 0. The first kappa shape index (κ1) is 9.90. The van der Waals surface area contributed by atoms with E-state index in [1.807, 2.05) is 24.4 Å². The van der Waals surface area contributed by atoms with Crippen molar-refractivity contribution < 1.29 is 0 Å². The van der Waals surface area contributed by atoms with Crippen LogP contribution in [-0.4, -0.2) is 15.0 Å². The molecule has 0 bridgehead atoms. The van der Waals surface area contributed by atoms with E-state index in [0.717, 1.165) is 17.1 Å². The molecule has 0 amide bonds. The minimum Gasteiger partial charge on any atom is -0.360 e. The van der Waals surface area contributed by atoms with Gasteiger partial charge in [-0.3, -0.25) is 0 Å². The van der Waals surface area contributed by atoms with Gasteiger partial charge in [0.05, 0.1) is 11.4 Å². The average Bonchev–Trinajstić information content (AvgIpc) is 2.69. The van der Waals surface area contributed by atoms with Crippen LogP contribution in [0, 0.1) is 0 Å². The summed E-state index contributed by atoms with van der Waals surface area (Å²) in [7, 11) is 0. The van der Waals surface area contributed by atoms with Gasteiger partial charge in [-0.15, -0.1) is 0 Å². The molecular weight excluding hydrogens is 186 g/mol. The Bertz CT molecular complexity index is 438. The van der Waals surface area contributed by atoms with Gasteiger partial charge in [-0.05, 0) is 18.2 Å². The minimum atomic E-state index is 0.0598. The Labute approximate surface area is 89.6 Å². The van der Waals surface area contributed by atoms with Gasteiger partial charge in [0.2, 0.25) is 0 Å². The van der Waals surface area contributed by atoms with E-state index in [0.29, 0.717) is 0 Å². The van der Waals surface area contributed by atoms with Gasteiger partial charge < -0.3 is 4.98 Å². The van der Waals surface area contributed by atoms with Crippen LogP contribution in [-0.2, 0) is 5.41 Å². The summed E-state index contributed by atoms with van der Waals surface area (Å²) < 4.78 is 0. The third-order valence-electron chi connectivity index (χ3n) is 2.31. The number of aromatic amines is 1. The van der Waals surface area contributed by atoms with Crippen LogP contribution >= 0.6 is 0 Å². The number of rotatable bonds is 1. The van der Waals surface area contributed by atoms with Gasteiger partial charge in [-0.2, -0.15) is 0 Å². The highest BCUT2D eigenvalue weighted by Crippen LogP contribution is 2.23. The summed E-state index contributed by atoms with van der Waals surface area (Å²) in [5, 5.41) is 0. The Kier molecular flexibility index (Phi) is 2.31. The fourth-order valence-corrected chi connectivity index (χ4v) is 1.40. The van der Waals surface area contributed by atoms with E-state index in [2.05, 4.69) is 35.7 Å². The van der Waals surface area contributed by atoms with E-state index < -0.39 is 0 Å². The molecule has 0 spiro atoms. The number of nitrogens with zero attached hydrogens (tertiary/aromatic N) is 2. The van der Waals surface area contributed by atoms with Gasteiger partial charge >= 0.3 is 0 Å². The van der Waals surface area contributed by atoms with E-state index in [-0.39, 0.29) is 5.41 Å². The maximum Gasteiger partial charge on any atom is 0.116 e. The van der Waals surface area contributed by atoms with Crippen LogP contribution in [0.1, 0.15) is 26.5 Å². The molecule has 0 aliphatic heterocycles. The zero-order valence-corrected chi connectivity index (χ0v) is 9.28. The minimum absolute atomic E-state index is 0.0598. The van der Waals surface area contributed by atoms with Crippen LogP contribution in [0.25, 0.3) is 11.4 Å². The Hall–Kier alpha value is -1.64. The zero-order chi connectivity index (χ0) is 10.9. The summed E-state index contributed by atoms with van der Waals surface area (Å²) in [6.45, 7) is 6.44. The van der Waals surface area contributed by atoms with Gasteiger partial charge in [0.15, 0.2) is 0 Å². The van der Waals surface area contributed by atoms with Crippen molar-refractivity contribution in [1.29, 1.82) is 0 Å². The van der Waals surface area contributed by atoms with Gasteiger partial charge in [0, 0.05) is 17.3 Å². The highest BCUT2D eigenvalue weighted by Gasteiger charge is 2.16. The van der Waals surface area contributed by atoms with Crippen molar-refractivity contribution in [2.24, 2.45) is 0 Å². The normalized spacial score (nSPS) is 11.7. The molecule has 0 aromatic carbocycles. The molecule has 78 valence electrons. The number of aromatic nitrogens is 3. The molecule has 2 aromatic heterocycles. The topological polar surface area (TPSA) is 41.6 Å². The largest absolute Gasteiger partial charge is 0.360 e. The second kappa shape index (κ2) is 3.50. The van der Waals surface area contributed by atoms with Gasteiger partial charge in [-0.25, -0.2) is 9.97 Å². The molecule has 0 saturated carbocycles. The highest BCUT2D eigenvalue weighted by atomic mass is 14.9.